The normalized spacial score (nSPS) is 30.1. The first-order chi connectivity index (χ1) is 11.5. The minimum absolute atomic E-state index is 0.000272. The van der Waals surface area contributed by atoms with Gasteiger partial charge in [-0.1, -0.05) is 30.3 Å². The maximum Gasteiger partial charge on any atom is 0.317 e. The van der Waals surface area contributed by atoms with Gasteiger partial charge >= 0.3 is 12.0 Å². The van der Waals surface area contributed by atoms with Crippen LogP contribution >= 0.6 is 0 Å². The molecule has 1 aliphatic carbocycles. The zero-order valence-electron chi connectivity index (χ0n) is 14.1. The quantitative estimate of drug-likeness (QED) is 0.894. The lowest BCUT2D eigenvalue weighted by Crippen LogP contribution is -2.47. The average Bonchev–Trinajstić information content (AvgIpc) is 2.98. The van der Waals surface area contributed by atoms with Crippen molar-refractivity contribution in [3.8, 4) is 0 Å². The number of aliphatic carboxylic acids is 1. The third kappa shape index (κ3) is 3.71. The van der Waals surface area contributed by atoms with E-state index >= 15 is 0 Å². The molecule has 2 fully saturated rings. The Balaban J connectivity index is 1.53. The average molecular weight is 330 g/mol. The van der Waals surface area contributed by atoms with Gasteiger partial charge in [-0.25, -0.2) is 4.79 Å². The summed E-state index contributed by atoms with van der Waals surface area (Å²) in [6.07, 6.45) is 3.81. The fraction of sp³-hybridized carbons (Fsp3) is 0.579. The highest BCUT2D eigenvalue weighted by molar-refractivity contribution is 5.75. The van der Waals surface area contributed by atoms with Gasteiger partial charge in [0.25, 0.3) is 0 Å². The Labute approximate surface area is 143 Å². The predicted octanol–water partition coefficient (Wildman–Crippen LogP) is 3.22. The fourth-order valence-electron chi connectivity index (χ4n) is 4.02. The third-order valence-electron chi connectivity index (χ3n) is 5.51. The molecule has 1 saturated heterocycles. The zero-order valence-corrected chi connectivity index (χ0v) is 14.1. The molecule has 24 heavy (non-hydrogen) atoms. The van der Waals surface area contributed by atoms with Crippen molar-refractivity contribution < 1.29 is 14.7 Å². The van der Waals surface area contributed by atoms with Crippen molar-refractivity contribution in [2.75, 3.05) is 6.54 Å². The molecule has 2 aliphatic rings. The molecule has 2 atom stereocenters. The van der Waals surface area contributed by atoms with E-state index in [2.05, 4.69) is 24.4 Å². The number of benzene rings is 1. The molecule has 5 heteroatoms. The number of carboxylic acids is 1. The summed E-state index contributed by atoms with van der Waals surface area (Å²) >= 11 is 0. The Hall–Kier alpha value is -2.04. The molecule has 0 radical (unpaired) electrons. The van der Waals surface area contributed by atoms with Crippen molar-refractivity contribution in [2.45, 2.75) is 57.0 Å². The number of amides is 2. The van der Waals surface area contributed by atoms with Crippen molar-refractivity contribution in [3.63, 3.8) is 0 Å². The second-order valence-electron chi connectivity index (χ2n) is 7.18. The Kier molecular flexibility index (Phi) is 5.07. The number of hydrogen-bond acceptors (Lipinski definition) is 2. The van der Waals surface area contributed by atoms with E-state index in [4.69, 9.17) is 5.11 Å². The van der Waals surface area contributed by atoms with Gasteiger partial charge in [0.15, 0.2) is 0 Å². The van der Waals surface area contributed by atoms with Gasteiger partial charge in [-0.05, 0) is 44.6 Å². The molecular formula is C19H26N2O3. The highest BCUT2D eigenvalue weighted by Gasteiger charge is 2.34. The fourth-order valence-corrected chi connectivity index (χ4v) is 4.02. The van der Waals surface area contributed by atoms with Gasteiger partial charge in [-0.3, -0.25) is 4.79 Å². The molecule has 5 nitrogen and oxygen atoms in total. The smallest absolute Gasteiger partial charge is 0.317 e. The van der Waals surface area contributed by atoms with E-state index in [1.165, 1.54) is 5.56 Å². The minimum atomic E-state index is -0.710. The second kappa shape index (κ2) is 7.24. The maximum absolute atomic E-state index is 12.6. The van der Waals surface area contributed by atoms with Crippen LogP contribution in [0.5, 0.6) is 0 Å². The summed E-state index contributed by atoms with van der Waals surface area (Å²) in [5.41, 5.74) is 1.29. The molecule has 0 aromatic heterocycles. The van der Waals surface area contributed by atoms with Gasteiger partial charge in [0.1, 0.15) is 0 Å². The Morgan fingerprint density at radius 2 is 1.79 bits per heavy atom. The lowest BCUT2D eigenvalue weighted by Gasteiger charge is -2.30. The van der Waals surface area contributed by atoms with Crippen LogP contribution in [0.15, 0.2) is 30.3 Å². The molecule has 1 aromatic carbocycles. The van der Waals surface area contributed by atoms with Gasteiger partial charge in [0.05, 0.1) is 5.92 Å². The van der Waals surface area contributed by atoms with E-state index in [0.717, 1.165) is 25.8 Å². The summed E-state index contributed by atoms with van der Waals surface area (Å²) in [6.45, 7) is 2.85. The zero-order chi connectivity index (χ0) is 17.1. The first-order valence-corrected chi connectivity index (χ1v) is 8.89. The Bertz CT molecular complexity index is 582. The molecule has 0 bridgehead atoms. The number of likely N-dealkylation sites (tertiary alicyclic amines) is 1. The summed E-state index contributed by atoms with van der Waals surface area (Å²) in [5, 5.41) is 12.2. The summed E-state index contributed by atoms with van der Waals surface area (Å²) in [5.74, 6) is -0.556. The summed E-state index contributed by atoms with van der Waals surface area (Å²) in [7, 11) is 0. The minimum Gasteiger partial charge on any atom is -0.481 e. The van der Waals surface area contributed by atoms with Crippen LogP contribution in [0.4, 0.5) is 4.79 Å². The standard InChI is InChI=1S/C19H26N2O3/c1-13-11-16(14-5-3-2-4-6-14)12-21(13)19(24)20-17-9-7-15(8-10-17)18(22)23/h2-6,13,15-17H,7-12H2,1H3,(H,20,24)(H,22,23). The molecule has 1 aromatic rings. The number of carboxylic acid groups (broad SMARTS) is 1. The van der Waals surface area contributed by atoms with Crippen molar-refractivity contribution >= 4 is 12.0 Å². The lowest BCUT2D eigenvalue weighted by molar-refractivity contribution is -0.142. The van der Waals surface area contributed by atoms with Gasteiger partial charge in [-0.15, -0.1) is 0 Å². The highest BCUT2D eigenvalue weighted by Crippen LogP contribution is 2.32. The molecule has 0 spiro atoms. The molecule has 130 valence electrons. The van der Waals surface area contributed by atoms with Gasteiger partial charge in [0, 0.05) is 24.5 Å². The SMILES string of the molecule is CC1CC(c2ccccc2)CN1C(=O)NC1CCC(C(=O)O)CC1. The molecule has 2 N–H and O–H groups in total. The van der Waals surface area contributed by atoms with Crippen LogP contribution < -0.4 is 5.32 Å². The van der Waals surface area contributed by atoms with E-state index in [-0.39, 0.29) is 24.0 Å². The number of urea groups is 1. The monoisotopic (exact) mass is 330 g/mol. The number of carbonyl (C=O) groups excluding carboxylic acids is 1. The predicted molar refractivity (Wildman–Crippen MR) is 91.9 cm³/mol. The van der Waals surface area contributed by atoms with E-state index in [1.807, 2.05) is 23.1 Å². The van der Waals surface area contributed by atoms with Crippen LogP contribution in [-0.2, 0) is 4.79 Å². The summed E-state index contributed by atoms with van der Waals surface area (Å²) in [6, 6.07) is 10.7. The van der Waals surface area contributed by atoms with Crippen molar-refractivity contribution in [1.29, 1.82) is 0 Å². The van der Waals surface area contributed by atoms with Crippen LogP contribution in [0.2, 0.25) is 0 Å². The first kappa shape index (κ1) is 16.8. The van der Waals surface area contributed by atoms with Crippen LogP contribution in [0.25, 0.3) is 0 Å². The molecule has 2 unspecified atom stereocenters. The molecule has 2 amide bonds. The number of carbonyl (C=O) groups is 2. The van der Waals surface area contributed by atoms with Crippen LogP contribution in [0.1, 0.15) is 50.5 Å². The highest BCUT2D eigenvalue weighted by atomic mass is 16.4. The van der Waals surface area contributed by atoms with E-state index in [9.17, 15) is 9.59 Å². The Morgan fingerprint density at radius 1 is 1.12 bits per heavy atom. The lowest BCUT2D eigenvalue weighted by atomic mass is 9.86. The third-order valence-corrected chi connectivity index (χ3v) is 5.51. The second-order valence-corrected chi connectivity index (χ2v) is 7.18. The van der Waals surface area contributed by atoms with E-state index in [0.29, 0.717) is 18.8 Å². The van der Waals surface area contributed by atoms with Crippen LogP contribution in [0, 0.1) is 5.92 Å². The van der Waals surface area contributed by atoms with Gasteiger partial charge < -0.3 is 15.3 Å². The van der Waals surface area contributed by atoms with E-state index in [1.54, 1.807) is 0 Å². The number of rotatable bonds is 3. The molecular weight excluding hydrogens is 304 g/mol. The first-order valence-electron chi connectivity index (χ1n) is 8.89. The molecule has 3 rings (SSSR count). The van der Waals surface area contributed by atoms with Gasteiger partial charge in [-0.2, -0.15) is 0 Å². The van der Waals surface area contributed by atoms with Crippen molar-refractivity contribution in [3.05, 3.63) is 35.9 Å². The van der Waals surface area contributed by atoms with Crippen molar-refractivity contribution in [2.24, 2.45) is 5.92 Å². The summed E-state index contributed by atoms with van der Waals surface area (Å²) < 4.78 is 0. The molecule has 1 aliphatic heterocycles. The topological polar surface area (TPSA) is 69.6 Å². The largest absolute Gasteiger partial charge is 0.481 e. The van der Waals surface area contributed by atoms with E-state index < -0.39 is 5.97 Å². The van der Waals surface area contributed by atoms with Crippen LogP contribution in [-0.4, -0.2) is 40.6 Å². The number of hydrogen-bond donors (Lipinski definition) is 2. The van der Waals surface area contributed by atoms with Gasteiger partial charge in [0.2, 0.25) is 0 Å². The number of nitrogens with one attached hydrogen (secondary N) is 1. The van der Waals surface area contributed by atoms with Crippen molar-refractivity contribution in [1.82, 2.24) is 10.2 Å². The molecule has 1 saturated carbocycles. The van der Waals surface area contributed by atoms with Crippen LogP contribution in [0.3, 0.4) is 0 Å². The maximum atomic E-state index is 12.6. The Morgan fingerprint density at radius 3 is 2.42 bits per heavy atom. The number of nitrogens with zero attached hydrogens (tertiary/aromatic N) is 1. The summed E-state index contributed by atoms with van der Waals surface area (Å²) in [4.78, 5) is 25.6. The molecule has 1 heterocycles.